The van der Waals surface area contributed by atoms with Gasteiger partial charge in [0.05, 0.1) is 17.4 Å². The van der Waals surface area contributed by atoms with Gasteiger partial charge in [-0.15, -0.1) is 11.3 Å². The van der Waals surface area contributed by atoms with Crippen LogP contribution in [0.2, 0.25) is 0 Å². The predicted molar refractivity (Wildman–Crippen MR) is 53.7 cm³/mol. The Morgan fingerprint density at radius 1 is 1.57 bits per heavy atom. The van der Waals surface area contributed by atoms with Crippen LogP contribution in [0, 0.1) is 5.82 Å². The Morgan fingerprint density at radius 2 is 2.36 bits per heavy atom. The van der Waals surface area contributed by atoms with E-state index in [2.05, 4.69) is 0 Å². The number of halogens is 1. The van der Waals surface area contributed by atoms with Crippen LogP contribution in [0.4, 0.5) is 4.39 Å². The van der Waals surface area contributed by atoms with E-state index in [1.807, 2.05) is 0 Å². The Balaban J connectivity index is 2.88. The van der Waals surface area contributed by atoms with Crippen molar-refractivity contribution in [3.05, 3.63) is 28.9 Å². The van der Waals surface area contributed by atoms with Crippen molar-refractivity contribution in [3.8, 4) is 5.75 Å². The minimum absolute atomic E-state index is 0.250. The van der Waals surface area contributed by atoms with Crippen molar-refractivity contribution in [1.82, 2.24) is 0 Å². The molecule has 0 amide bonds. The lowest BCUT2D eigenvalue weighted by Gasteiger charge is -2.05. The van der Waals surface area contributed by atoms with E-state index in [9.17, 15) is 9.18 Å². The molecule has 2 nitrogen and oxygen atoms in total. The van der Waals surface area contributed by atoms with Crippen LogP contribution in [0.1, 0.15) is 10.4 Å². The Kier molecular flexibility index (Phi) is 2.21. The number of methoxy groups -OCH3 is 1. The molecule has 0 N–H and O–H groups in total. The third kappa shape index (κ3) is 1.19. The first-order valence-electron chi connectivity index (χ1n) is 3.96. The highest BCUT2D eigenvalue weighted by Gasteiger charge is 2.12. The minimum Gasteiger partial charge on any atom is -0.494 e. The molecule has 0 spiro atoms. The Bertz CT molecular complexity index is 490. The lowest BCUT2D eigenvalue weighted by molar-refractivity contribution is 0.112. The fourth-order valence-electron chi connectivity index (χ4n) is 1.38. The van der Waals surface area contributed by atoms with Crippen LogP contribution in [-0.4, -0.2) is 13.4 Å². The number of ether oxygens (including phenoxy) is 1. The van der Waals surface area contributed by atoms with Crippen LogP contribution in [0.5, 0.6) is 5.75 Å². The van der Waals surface area contributed by atoms with E-state index in [1.165, 1.54) is 24.5 Å². The number of benzene rings is 1. The van der Waals surface area contributed by atoms with E-state index in [0.29, 0.717) is 22.1 Å². The van der Waals surface area contributed by atoms with E-state index in [1.54, 1.807) is 11.4 Å². The quantitative estimate of drug-likeness (QED) is 0.712. The predicted octanol–water partition coefficient (Wildman–Crippen LogP) is 2.86. The van der Waals surface area contributed by atoms with Crippen molar-refractivity contribution in [1.29, 1.82) is 0 Å². The van der Waals surface area contributed by atoms with E-state index < -0.39 is 0 Å². The summed E-state index contributed by atoms with van der Waals surface area (Å²) >= 11 is 1.36. The van der Waals surface area contributed by atoms with Crippen molar-refractivity contribution in [2.24, 2.45) is 0 Å². The number of carbonyl (C=O) groups is 1. The van der Waals surface area contributed by atoms with Gasteiger partial charge in [0.2, 0.25) is 0 Å². The minimum atomic E-state index is -0.385. The topological polar surface area (TPSA) is 26.3 Å². The van der Waals surface area contributed by atoms with Gasteiger partial charge in [0, 0.05) is 5.39 Å². The molecule has 0 fully saturated rings. The average molecular weight is 210 g/mol. The molecule has 0 bridgehead atoms. The van der Waals surface area contributed by atoms with Crippen LogP contribution in [-0.2, 0) is 0 Å². The van der Waals surface area contributed by atoms with Gasteiger partial charge in [0.15, 0.2) is 6.29 Å². The second-order valence-corrected chi connectivity index (χ2v) is 3.68. The summed E-state index contributed by atoms with van der Waals surface area (Å²) in [6.45, 7) is 0. The summed E-state index contributed by atoms with van der Waals surface area (Å²) in [4.78, 5) is 10.7. The molecule has 0 unspecified atom stereocenters. The van der Waals surface area contributed by atoms with Crippen molar-refractivity contribution in [2.45, 2.75) is 0 Å². The molecule has 14 heavy (non-hydrogen) atoms. The summed E-state index contributed by atoms with van der Waals surface area (Å²) in [5.74, 6) is 0.0653. The first-order valence-corrected chi connectivity index (χ1v) is 4.84. The standard InChI is InChI=1S/C10H7FO2S/c1-13-9-6(5-12)4-8(11)7-2-3-14-10(7)9/h2-5H,1H3. The van der Waals surface area contributed by atoms with Crippen molar-refractivity contribution < 1.29 is 13.9 Å². The Labute approximate surface area is 83.9 Å². The van der Waals surface area contributed by atoms with Gasteiger partial charge >= 0.3 is 0 Å². The number of rotatable bonds is 2. The van der Waals surface area contributed by atoms with Crippen LogP contribution < -0.4 is 4.74 Å². The molecule has 1 heterocycles. The maximum absolute atomic E-state index is 13.4. The largest absolute Gasteiger partial charge is 0.494 e. The molecule has 1 aromatic heterocycles. The zero-order chi connectivity index (χ0) is 10.1. The second kappa shape index (κ2) is 3.38. The van der Waals surface area contributed by atoms with Crippen molar-refractivity contribution in [3.63, 3.8) is 0 Å². The molecule has 0 saturated heterocycles. The molecule has 2 rings (SSSR count). The molecular weight excluding hydrogens is 203 g/mol. The molecule has 1 aromatic carbocycles. The highest BCUT2D eigenvalue weighted by molar-refractivity contribution is 7.17. The molecule has 4 heteroatoms. The Morgan fingerprint density at radius 3 is 3.00 bits per heavy atom. The van der Waals surface area contributed by atoms with Gasteiger partial charge < -0.3 is 4.74 Å². The molecule has 72 valence electrons. The van der Waals surface area contributed by atoms with Crippen LogP contribution in [0.3, 0.4) is 0 Å². The highest BCUT2D eigenvalue weighted by Crippen LogP contribution is 2.34. The van der Waals surface area contributed by atoms with Gasteiger partial charge in [0.25, 0.3) is 0 Å². The molecular formula is C10H7FO2S. The monoisotopic (exact) mass is 210 g/mol. The molecule has 0 aliphatic rings. The van der Waals surface area contributed by atoms with E-state index in [0.717, 1.165) is 0 Å². The summed E-state index contributed by atoms with van der Waals surface area (Å²) in [6, 6.07) is 2.87. The summed E-state index contributed by atoms with van der Waals surface area (Å²) < 4.78 is 19.1. The number of fused-ring (bicyclic) bond motifs is 1. The summed E-state index contributed by atoms with van der Waals surface area (Å²) in [5, 5.41) is 2.27. The number of thiophene rings is 1. The molecule has 0 atom stereocenters. The first kappa shape index (κ1) is 9.15. The molecule has 0 radical (unpaired) electrons. The zero-order valence-electron chi connectivity index (χ0n) is 7.41. The van der Waals surface area contributed by atoms with E-state index in [-0.39, 0.29) is 11.4 Å². The maximum Gasteiger partial charge on any atom is 0.153 e. The molecule has 0 saturated carbocycles. The third-order valence-electron chi connectivity index (χ3n) is 2.00. The summed E-state index contributed by atoms with van der Waals surface area (Å²) in [6.07, 6.45) is 0.598. The van der Waals surface area contributed by atoms with E-state index in [4.69, 9.17) is 4.74 Å². The molecule has 0 aliphatic heterocycles. The number of aldehydes is 1. The average Bonchev–Trinajstić information content (AvgIpc) is 2.66. The number of hydrogen-bond acceptors (Lipinski definition) is 3. The molecule has 0 aliphatic carbocycles. The van der Waals surface area contributed by atoms with Crippen LogP contribution in [0.25, 0.3) is 10.1 Å². The third-order valence-corrected chi connectivity index (χ3v) is 2.92. The first-order chi connectivity index (χ1) is 6.77. The Hall–Kier alpha value is -1.42. The van der Waals surface area contributed by atoms with Gasteiger partial charge in [-0.2, -0.15) is 0 Å². The zero-order valence-corrected chi connectivity index (χ0v) is 8.23. The van der Waals surface area contributed by atoms with Crippen LogP contribution in [0.15, 0.2) is 17.5 Å². The fraction of sp³-hybridized carbons (Fsp3) is 0.100. The fourth-order valence-corrected chi connectivity index (χ4v) is 2.32. The van der Waals surface area contributed by atoms with E-state index >= 15 is 0 Å². The van der Waals surface area contributed by atoms with Crippen LogP contribution >= 0.6 is 11.3 Å². The molecule has 2 aromatic rings. The lowest BCUT2D eigenvalue weighted by Crippen LogP contribution is -1.92. The maximum atomic E-state index is 13.4. The summed E-state index contributed by atoms with van der Waals surface area (Å²) in [5.41, 5.74) is 0.250. The van der Waals surface area contributed by atoms with Gasteiger partial charge in [-0.25, -0.2) is 4.39 Å². The lowest BCUT2D eigenvalue weighted by atomic mass is 10.1. The smallest absolute Gasteiger partial charge is 0.153 e. The van der Waals surface area contributed by atoms with Gasteiger partial charge in [-0.3, -0.25) is 4.79 Å². The van der Waals surface area contributed by atoms with Crippen molar-refractivity contribution >= 4 is 27.7 Å². The number of carbonyl (C=O) groups excluding carboxylic acids is 1. The van der Waals surface area contributed by atoms with Gasteiger partial charge in [0.1, 0.15) is 11.6 Å². The van der Waals surface area contributed by atoms with Gasteiger partial charge in [-0.1, -0.05) is 0 Å². The normalized spacial score (nSPS) is 10.4. The number of hydrogen-bond donors (Lipinski definition) is 0. The SMILES string of the molecule is COc1c(C=O)cc(F)c2ccsc12. The van der Waals surface area contributed by atoms with Gasteiger partial charge in [-0.05, 0) is 17.5 Å². The van der Waals surface area contributed by atoms with Crippen molar-refractivity contribution in [2.75, 3.05) is 7.11 Å². The second-order valence-electron chi connectivity index (χ2n) is 2.76. The summed E-state index contributed by atoms with van der Waals surface area (Å²) in [7, 11) is 1.47. The highest BCUT2D eigenvalue weighted by atomic mass is 32.1.